The minimum atomic E-state index is -0.129. The first kappa shape index (κ1) is 14.5. The molecule has 2 heterocycles. The van der Waals surface area contributed by atoms with Gasteiger partial charge in [-0.15, -0.1) is 0 Å². The molecular formula is C15H16ClN3OS. The Morgan fingerprint density at radius 1 is 1.29 bits per heavy atom. The van der Waals surface area contributed by atoms with Crippen molar-refractivity contribution < 1.29 is 5.11 Å². The van der Waals surface area contributed by atoms with E-state index in [0.29, 0.717) is 5.02 Å². The van der Waals surface area contributed by atoms with Gasteiger partial charge in [-0.05, 0) is 6.07 Å². The number of fused-ring (bicyclic) bond motifs is 1. The van der Waals surface area contributed by atoms with E-state index in [4.69, 9.17) is 11.6 Å². The van der Waals surface area contributed by atoms with Gasteiger partial charge in [-0.2, -0.15) is 5.10 Å². The van der Waals surface area contributed by atoms with E-state index in [2.05, 4.69) is 30.9 Å². The minimum Gasteiger partial charge on any atom is -0.390 e. The number of halogens is 1. The van der Waals surface area contributed by atoms with E-state index in [-0.39, 0.29) is 12.0 Å². The Morgan fingerprint density at radius 3 is 2.62 bits per heavy atom. The first-order valence-electron chi connectivity index (χ1n) is 6.66. The number of imidazole rings is 1. The van der Waals surface area contributed by atoms with Crippen LogP contribution in [0.3, 0.4) is 0 Å². The second-order valence-electron chi connectivity index (χ2n) is 5.90. The molecule has 2 aromatic heterocycles. The van der Waals surface area contributed by atoms with Crippen LogP contribution < -0.4 is 0 Å². The largest absolute Gasteiger partial charge is 0.390 e. The maximum absolute atomic E-state index is 9.68. The average molecular weight is 322 g/mol. The van der Waals surface area contributed by atoms with Crippen molar-refractivity contribution in [2.24, 2.45) is 0 Å². The third kappa shape index (κ3) is 2.46. The van der Waals surface area contributed by atoms with E-state index in [1.807, 2.05) is 24.3 Å². The van der Waals surface area contributed by atoms with Gasteiger partial charge in [0, 0.05) is 11.0 Å². The minimum absolute atomic E-state index is 0.0839. The Labute approximate surface area is 132 Å². The average Bonchev–Trinajstić information content (AvgIpc) is 2.95. The molecule has 1 aromatic carbocycles. The highest BCUT2D eigenvalue weighted by Crippen LogP contribution is 2.34. The van der Waals surface area contributed by atoms with Gasteiger partial charge < -0.3 is 5.11 Å². The molecule has 0 saturated heterocycles. The lowest BCUT2D eigenvalue weighted by atomic mass is 9.91. The molecule has 21 heavy (non-hydrogen) atoms. The highest BCUT2D eigenvalue weighted by atomic mass is 35.5. The molecule has 0 aliphatic rings. The lowest BCUT2D eigenvalue weighted by Gasteiger charge is -2.16. The second kappa shape index (κ2) is 5.09. The zero-order chi connectivity index (χ0) is 15.2. The smallest absolute Gasteiger partial charge is 0.213 e. The van der Waals surface area contributed by atoms with Crippen LogP contribution in [0, 0.1) is 0 Å². The molecule has 0 aliphatic heterocycles. The monoisotopic (exact) mass is 321 g/mol. The number of rotatable bonds is 2. The standard InChI is InChI=1S/C15H16ClN3OS/c1-15(2,3)12-11(8-20)19-14(17-12)21-13(18-19)9-6-4-5-7-10(9)16/h4-7,20H,8H2,1-3H3. The Kier molecular flexibility index (Phi) is 3.51. The molecule has 0 amide bonds. The molecular weight excluding hydrogens is 306 g/mol. The van der Waals surface area contributed by atoms with Crippen LogP contribution in [0.4, 0.5) is 0 Å². The van der Waals surface area contributed by atoms with Crippen molar-refractivity contribution in [3.05, 3.63) is 40.7 Å². The summed E-state index contributed by atoms with van der Waals surface area (Å²) in [5, 5.41) is 15.7. The van der Waals surface area contributed by atoms with E-state index in [1.54, 1.807) is 4.52 Å². The van der Waals surface area contributed by atoms with Crippen molar-refractivity contribution in [3.8, 4) is 10.6 Å². The number of aliphatic hydroxyl groups excluding tert-OH is 1. The van der Waals surface area contributed by atoms with Crippen LogP contribution in [0.15, 0.2) is 24.3 Å². The summed E-state index contributed by atoms with van der Waals surface area (Å²) in [6, 6.07) is 7.60. The van der Waals surface area contributed by atoms with Gasteiger partial charge in [-0.3, -0.25) is 0 Å². The summed E-state index contributed by atoms with van der Waals surface area (Å²) >= 11 is 7.69. The third-order valence-corrected chi connectivity index (χ3v) is 4.53. The molecule has 110 valence electrons. The Hall–Kier alpha value is -1.43. The summed E-state index contributed by atoms with van der Waals surface area (Å²) in [4.78, 5) is 5.42. The summed E-state index contributed by atoms with van der Waals surface area (Å²) in [6.07, 6.45) is 0. The van der Waals surface area contributed by atoms with Gasteiger partial charge in [0.15, 0.2) is 0 Å². The number of hydrogen-bond donors (Lipinski definition) is 1. The predicted octanol–water partition coefficient (Wildman–Crippen LogP) is 3.90. The lowest BCUT2D eigenvalue weighted by Crippen LogP contribution is -2.15. The van der Waals surface area contributed by atoms with Crippen molar-refractivity contribution in [2.45, 2.75) is 32.8 Å². The lowest BCUT2D eigenvalue weighted by molar-refractivity contribution is 0.270. The third-order valence-electron chi connectivity index (χ3n) is 3.26. The van der Waals surface area contributed by atoms with Crippen LogP contribution in [0.5, 0.6) is 0 Å². The van der Waals surface area contributed by atoms with Crippen molar-refractivity contribution in [3.63, 3.8) is 0 Å². The van der Waals surface area contributed by atoms with Crippen molar-refractivity contribution >= 4 is 27.9 Å². The second-order valence-corrected chi connectivity index (χ2v) is 7.26. The van der Waals surface area contributed by atoms with Crippen LogP contribution in [0.1, 0.15) is 32.2 Å². The van der Waals surface area contributed by atoms with Crippen molar-refractivity contribution in [1.29, 1.82) is 0 Å². The van der Waals surface area contributed by atoms with E-state index < -0.39 is 0 Å². The van der Waals surface area contributed by atoms with E-state index in [1.165, 1.54) is 11.3 Å². The Balaban J connectivity index is 2.19. The molecule has 1 N–H and O–H groups in total. The van der Waals surface area contributed by atoms with Crippen LogP contribution in [-0.4, -0.2) is 19.7 Å². The fourth-order valence-corrected chi connectivity index (χ4v) is 3.52. The zero-order valence-corrected chi connectivity index (χ0v) is 13.7. The first-order chi connectivity index (χ1) is 9.91. The molecule has 0 unspecified atom stereocenters. The molecule has 3 aromatic rings. The molecule has 0 atom stereocenters. The van der Waals surface area contributed by atoms with Gasteiger partial charge in [0.2, 0.25) is 4.96 Å². The van der Waals surface area contributed by atoms with E-state index in [0.717, 1.165) is 26.9 Å². The highest BCUT2D eigenvalue weighted by molar-refractivity contribution is 7.19. The number of aliphatic hydroxyl groups is 1. The SMILES string of the molecule is CC(C)(C)c1nc2sc(-c3ccccc3Cl)nn2c1CO. The Morgan fingerprint density at radius 2 is 2.00 bits per heavy atom. The van der Waals surface area contributed by atoms with Crippen LogP contribution in [-0.2, 0) is 12.0 Å². The number of aromatic nitrogens is 3. The molecule has 0 radical (unpaired) electrons. The topological polar surface area (TPSA) is 50.4 Å². The van der Waals surface area contributed by atoms with Crippen molar-refractivity contribution in [2.75, 3.05) is 0 Å². The summed E-state index contributed by atoms with van der Waals surface area (Å²) in [7, 11) is 0. The van der Waals surface area contributed by atoms with Gasteiger partial charge in [0.05, 0.1) is 23.0 Å². The summed E-state index contributed by atoms with van der Waals surface area (Å²) in [5.41, 5.74) is 2.38. The highest BCUT2D eigenvalue weighted by Gasteiger charge is 2.25. The Bertz CT molecular complexity index is 801. The molecule has 3 rings (SSSR count). The maximum Gasteiger partial charge on any atom is 0.213 e. The summed E-state index contributed by atoms with van der Waals surface area (Å²) in [5.74, 6) is 0. The molecule has 0 spiro atoms. The van der Waals surface area contributed by atoms with Crippen LogP contribution >= 0.6 is 22.9 Å². The fraction of sp³-hybridized carbons (Fsp3) is 0.333. The number of benzene rings is 1. The predicted molar refractivity (Wildman–Crippen MR) is 85.9 cm³/mol. The summed E-state index contributed by atoms with van der Waals surface area (Å²) in [6.45, 7) is 6.15. The summed E-state index contributed by atoms with van der Waals surface area (Å²) < 4.78 is 1.73. The van der Waals surface area contributed by atoms with E-state index >= 15 is 0 Å². The molecule has 0 fully saturated rings. The maximum atomic E-state index is 9.68. The van der Waals surface area contributed by atoms with Gasteiger partial charge in [0.25, 0.3) is 0 Å². The van der Waals surface area contributed by atoms with Crippen molar-refractivity contribution in [1.82, 2.24) is 14.6 Å². The fourth-order valence-electron chi connectivity index (χ4n) is 2.28. The van der Waals surface area contributed by atoms with Gasteiger partial charge >= 0.3 is 0 Å². The molecule has 0 aliphatic carbocycles. The normalized spacial score (nSPS) is 12.2. The van der Waals surface area contributed by atoms with Crippen LogP contribution in [0.25, 0.3) is 15.5 Å². The first-order valence-corrected chi connectivity index (χ1v) is 7.86. The zero-order valence-electron chi connectivity index (χ0n) is 12.1. The molecule has 6 heteroatoms. The van der Waals surface area contributed by atoms with E-state index in [9.17, 15) is 5.11 Å². The van der Waals surface area contributed by atoms with Crippen LogP contribution in [0.2, 0.25) is 5.02 Å². The number of nitrogens with zero attached hydrogens (tertiary/aromatic N) is 3. The van der Waals surface area contributed by atoms with Gasteiger partial charge in [-0.25, -0.2) is 9.50 Å². The van der Waals surface area contributed by atoms with Gasteiger partial charge in [0.1, 0.15) is 5.01 Å². The quantitative estimate of drug-likeness (QED) is 0.778. The molecule has 0 bridgehead atoms. The molecule has 4 nitrogen and oxygen atoms in total. The van der Waals surface area contributed by atoms with Gasteiger partial charge in [-0.1, -0.05) is 61.9 Å². The number of hydrogen-bond acceptors (Lipinski definition) is 4. The molecule has 0 saturated carbocycles.